The smallest absolute Gasteiger partial charge is 0.168 e. The van der Waals surface area contributed by atoms with E-state index in [1.165, 1.54) is 0 Å². The number of ether oxygens (including phenoxy) is 2. The van der Waals surface area contributed by atoms with Crippen molar-refractivity contribution >= 4 is 0 Å². The quantitative estimate of drug-likeness (QED) is 0.879. The lowest BCUT2D eigenvalue weighted by Gasteiger charge is -2.13. The fourth-order valence-corrected chi connectivity index (χ4v) is 1.74. The summed E-state index contributed by atoms with van der Waals surface area (Å²) >= 11 is 0. The maximum absolute atomic E-state index is 9.80. The molecule has 0 unspecified atom stereocenters. The van der Waals surface area contributed by atoms with Gasteiger partial charge in [-0.3, -0.25) is 0 Å². The topological polar surface area (TPSA) is 38.7 Å². The lowest BCUT2D eigenvalue weighted by atomic mass is 10.0. The molecule has 0 heterocycles. The van der Waals surface area contributed by atoms with Crippen LogP contribution in [0, 0.1) is 6.07 Å². The van der Waals surface area contributed by atoms with Crippen LogP contribution >= 0.6 is 0 Å². The highest BCUT2D eigenvalue weighted by atomic mass is 16.5. The molecule has 3 heteroatoms. The van der Waals surface area contributed by atoms with E-state index < -0.39 is 0 Å². The Morgan fingerprint density at radius 1 is 1.00 bits per heavy atom. The molecule has 0 saturated heterocycles. The minimum atomic E-state index is 0.0963. The molecule has 0 amide bonds. The monoisotopic (exact) mass is 229 g/mol. The van der Waals surface area contributed by atoms with Gasteiger partial charge in [-0.05, 0) is 6.07 Å². The Balaban J connectivity index is 2.63. The highest BCUT2D eigenvalue weighted by molar-refractivity contribution is 5.77. The van der Waals surface area contributed by atoms with Crippen molar-refractivity contribution < 1.29 is 14.6 Å². The number of rotatable bonds is 3. The SMILES string of the molecule is COc1cccc(-c2ccc[c]c2O)c1OC. The van der Waals surface area contributed by atoms with Gasteiger partial charge in [-0.2, -0.15) is 0 Å². The predicted molar refractivity (Wildman–Crippen MR) is 65.5 cm³/mol. The van der Waals surface area contributed by atoms with Crippen molar-refractivity contribution in [2.24, 2.45) is 0 Å². The first-order chi connectivity index (χ1) is 8.27. The zero-order valence-corrected chi connectivity index (χ0v) is 9.73. The molecule has 0 aromatic heterocycles. The van der Waals surface area contributed by atoms with Crippen LogP contribution in [0.25, 0.3) is 11.1 Å². The second kappa shape index (κ2) is 4.78. The molecule has 2 rings (SSSR count). The third-order valence-corrected chi connectivity index (χ3v) is 2.53. The Morgan fingerprint density at radius 3 is 2.41 bits per heavy atom. The van der Waals surface area contributed by atoms with Gasteiger partial charge in [-0.25, -0.2) is 0 Å². The highest BCUT2D eigenvalue weighted by Gasteiger charge is 2.13. The molecule has 87 valence electrons. The lowest BCUT2D eigenvalue weighted by Crippen LogP contribution is -1.93. The molecule has 2 aromatic rings. The van der Waals surface area contributed by atoms with Gasteiger partial charge in [0.05, 0.1) is 14.2 Å². The Morgan fingerprint density at radius 2 is 1.76 bits per heavy atom. The molecular weight excluding hydrogens is 216 g/mol. The largest absolute Gasteiger partial charge is 0.507 e. The van der Waals surface area contributed by atoms with E-state index in [0.29, 0.717) is 17.1 Å². The Hall–Kier alpha value is -2.16. The molecule has 0 aliphatic rings. The van der Waals surface area contributed by atoms with Crippen LogP contribution in [0.5, 0.6) is 17.2 Å². The van der Waals surface area contributed by atoms with Crippen LogP contribution in [0.3, 0.4) is 0 Å². The molecule has 0 atom stereocenters. The van der Waals surface area contributed by atoms with Crippen LogP contribution in [0.1, 0.15) is 0 Å². The van der Waals surface area contributed by atoms with Crippen molar-refractivity contribution in [1.82, 2.24) is 0 Å². The van der Waals surface area contributed by atoms with Crippen molar-refractivity contribution in [3.8, 4) is 28.4 Å². The van der Waals surface area contributed by atoms with E-state index in [1.54, 1.807) is 20.3 Å². The van der Waals surface area contributed by atoms with Crippen LogP contribution in [-0.2, 0) is 0 Å². The van der Waals surface area contributed by atoms with Gasteiger partial charge in [0.2, 0.25) is 0 Å². The average molecular weight is 229 g/mol. The number of methoxy groups -OCH3 is 2. The number of phenols is 1. The van der Waals surface area contributed by atoms with Crippen molar-refractivity contribution in [3.63, 3.8) is 0 Å². The van der Waals surface area contributed by atoms with Gasteiger partial charge >= 0.3 is 0 Å². The highest BCUT2D eigenvalue weighted by Crippen LogP contribution is 2.40. The van der Waals surface area contributed by atoms with Gasteiger partial charge in [0.15, 0.2) is 11.5 Å². The summed E-state index contributed by atoms with van der Waals surface area (Å²) in [4.78, 5) is 0. The summed E-state index contributed by atoms with van der Waals surface area (Å²) in [6.07, 6.45) is 0. The molecule has 17 heavy (non-hydrogen) atoms. The number of phenolic OH excluding ortho intramolecular Hbond substituents is 1. The predicted octanol–water partition coefficient (Wildman–Crippen LogP) is 2.88. The van der Waals surface area contributed by atoms with Gasteiger partial charge < -0.3 is 14.6 Å². The van der Waals surface area contributed by atoms with Crippen LogP contribution in [0.15, 0.2) is 36.4 Å². The second-order valence-electron chi connectivity index (χ2n) is 3.47. The van der Waals surface area contributed by atoms with E-state index in [0.717, 1.165) is 5.56 Å². The number of aromatic hydroxyl groups is 1. The number of hydrogen-bond acceptors (Lipinski definition) is 3. The minimum absolute atomic E-state index is 0.0963. The summed E-state index contributed by atoms with van der Waals surface area (Å²) in [5.74, 6) is 1.33. The van der Waals surface area contributed by atoms with Crippen LogP contribution in [0.2, 0.25) is 0 Å². The molecule has 0 saturated carbocycles. The van der Waals surface area contributed by atoms with E-state index in [1.807, 2.05) is 30.3 Å². The van der Waals surface area contributed by atoms with Crippen molar-refractivity contribution in [2.45, 2.75) is 0 Å². The molecule has 2 aromatic carbocycles. The van der Waals surface area contributed by atoms with E-state index >= 15 is 0 Å². The van der Waals surface area contributed by atoms with E-state index in [-0.39, 0.29) is 5.75 Å². The summed E-state index contributed by atoms with van der Waals surface area (Å²) in [5, 5.41) is 9.80. The maximum atomic E-state index is 9.80. The van der Waals surface area contributed by atoms with Crippen LogP contribution < -0.4 is 9.47 Å². The molecule has 0 fully saturated rings. The number of para-hydroxylation sites is 2. The van der Waals surface area contributed by atoms with Crippen molar-refractivity contribution in [2.75, 3.05) is 14.2 Å². The molecule has 0 aliphatic heterocycles. The summed E-state index contributed by atoms with van der Waals surface area (Å²) in [7, 11) is 3.16. The molecule has 3 nitrogen and oxygen atoms in total. The van der Waals surface area contributed by atoms with Crippen LogP contribution in [-0.4, -0.2) is 19.3 Å². The zero-order chi connectivity index (χ0) is 12.3. The fraction of sp³-hybridized carbons (Fsp3) is 0.143. The first kappa shape index (κ1) is 11.3. The minimum Gasteiger partial charge on any atom is -0.507 e. The molecule has 1 radical (unpaired) electrons. The number of benzene rings is 2. The first-order valence-corrected chi connectivity index (χ1v) is 5.19. The van der Waals surface area contributed by atoms with Gasteiger partial charge in [0, 0.05) is 17.2 Å². The van der Waals surface area contributed by atoms with Gasteiger partial charge in [-0.15, -0.1) is 0 Å². The Kier molecular flexibility index (Phi) is 3.19. The normalized spacial score (nSPS) is 10.0. The summed E-state index contributed by atoms with van der Waals surface area (Å²) in [6.45, 7) is 0. The fourth-order valence-electron chi connectivity index (χ4n) is 1.74. The standard InChI is InChI=1S/C14H13O3/c1-16-13-9-5-7-11(14(13)17-2)10-6-3-4-8-12(10)15/h3-7,9,15H,1-2H3. The molecule has 1 N–H and O–H groups in total. The van der Waals surface area contributed by atoms with Gasteiger partial charge in [0.25, 0.3) is 0 Å². The molecule has 0 bridgehead atoms. The summed E-state index contributed by atoms with van der Waals surface area (Å²) < 4.78 is 10.5. The average Bonchev–Trinajstić information content (AvgIpc) is 2.38. The molecular formula is C14H13O3. The first-order valence-electron chi connectivity index (χ1n) is 5.19. The lowest BCUT2D eigenvalue weighted by molar-refractivity contribution is 0.356. The van der Waals surface area contributed by atoms with Crippen molar-refractivity contribution in [3.05, 3.63) is 42.5 Å². The van der Waals surface area contributed by atoms with E-state index in [9.17, 15) is 5.11 Å². The van der Waals surface area contributed by atoms with Crippen LogP contribution in [0.4, 0.5) is 0 Å². The summed E-state index contributed by atoms with van der Waals surface area (Å²) in [6, 6.07) is 13.6. The van der Waals surface area contributed by atoms with Gasteiger partial charge in [0.1, 0.15) is 5.75 Å². The Bertz CT molecular complexity index is 521. The van der Waals surface area contributed by atoms with Gasteiger partial charge in [-0.1, -0.05) is 30.3 Å². The van der Waals surface area contributed by atoms with E-state index in [2.05, 4.69) is 6.07 Å². The van der Waals surface area contributed by atoms with E-state index in [4.69, 9.17) is 9.47 Å². The number of hydrogen-bond donors (Lipinski definition) is 1. The molecule has 0 spiro atoms. The maximum Gasteiger partial charge on any atom is 0.168 e. The van der Waals surface area contributed by atoms with Crippen molar-refractivity contribution in [1.29, 1.82) is 0 Å². The third kappa shape index (κ3) is 2.04. The zero-order valence-electron chi connectivity index (χ0n) is 9.73. The third-order valence-electron chi connectivity index (χ3n) is 2.53. The molecule has 0 aliphatic carbocycles. The summed E-state index contributed by atoms with van der Waals surface area (Å²) in [5.41, 5.74) is 1.45. The Labute approximate surface area is 100 Å². The second-order valence-corrected chi connectivity index (χ2v) is 3.47.